The molecular formula is C18H25N3O2S2. The molecule has 2 heterocycles. The molecule has 25 heavy (non-hydrogen) atoms. The molecule has 0 aromatic carbocycles. The van der Waals surface area contributed by atoms with E-state index in [-0.39, 0.29) is 11.5 Å². The lowest BCUT2D eigenvalue weighted by Crippen LogP contribution is -2.27. The largest absolute Gasteiger partial charge is 0.355 e. The number of nitrogens with zero attached hydrogens (tertiary/aromatic N) is 2. The van der Waals surface area contributed by atoms with E-state index in [0.29, 0.717) is 29.9 Å². The van der Waals surface area contributed by atoms with E-state index >= 15 is 0 Å². The van der Waals surface area contributed by atoms with Crippen LogP contribution in [0.4, 0.5) is 0 Å². The molecule has 1 aliphatic rings. The minimum atomic E-state index is -0.0110. The van der Waals surface area contributed by atoms with Crippen molar-refractivity contribution >= 4 is 39.2 Å². The van der Waals surface area contributed by atoms with Gasteiger partial charge in [0.05, 0.1) is 11.1 Å². The number of rotatable bonds is 6. The van der Waals surface area contributed by atoms with Crippen LogP contribution in [0.1, 0.15) is 44.1 Å². The molecule has 0 radical (unpaired) electrons. The molecule has 0 bridgehead atoms. The molecule has 0 fully saturated rings. The zero-order chi connectivity index (χ0) is 18.0. The standard InChI is InChI=1S/C18H25N3O2S2/c1-4-8-19-14(22)10-24-18-20-16-15(17(23)21(18)5-2)12-7-6-11(3)9-13(12)25-16/h11H,4-10H2,1-3H3,(H,19,22). The van der Waals surface area contributed by atoms with Crippen molar-refractivity contribution in [2.45, 2.75) is 58.2 Å². The van der Waals surface area contributed by atoms with Gasteiger partial charge < -0.3 is 5.32 Å². The van der Waals surface area contributed by atoms with Gasteiger partial charge in [-0.15, -0.1) is 11.3 Å². The van der Waals surface area contributed by atoms with E-state index in [2.05, 4.69) is 12.2 Å². The van der Waals surface area contributed by atoms with Crippen molar-refractivity contribution in [2.24, 2.45) is 5.92 Å². The smallest absolute Gasteiger partial charge is 0.263 e. The van der Waals surface area contributed by atoms with E-state index in [1.54, 1.807) is 15.9 Å². The van der Waals surface area contributed by atoms with Gasteiger partial charge in [-0.05, 0) is 44.1 Å². The average molecular weight is 380 g/mol. The third-order valence-electron chi connectivity index (χ3n) is 4.60. The number of carbonyl (C=O) groups excluding carboxylic acids is 1. The number of thiophene rings is 1. The second kappa shape index (κ2) is 7.91. The maximum atomic E-state index is 13.0. The first-order chi connectivity index (χ1) is 12.0. The second-order valence-corrected chi connectivity index (χ2v) is 8.64. The summed E-state index contributed by atoms with van der Waals surface area (Å²) in [5.74, 6) is 0.952. The van der Waals surface area contributed by atoms with Gasteiger partial charge in [-0.25, -0.2) is 4.98 Å². The van der Waals surface area contributed by atoms with E-state index in [4.69, 9.17) is 4.98 Å². The predicted octanol–water partition coefficient (Wildman–Crippen LogP) is 3.22. The Hall–Kier alpha value is -1.34. The van der Waals surface area contributed by atoms with Crippen LogP contribution in [0, 0.1) is 5.92 Å². The predicted molar refractivity (Wildman–Crippen MR) is 105 cm³/mol. The molecule has 7 heteroatoms. The van der Waals surface area contributed by atoms with E-state index in [1.165, 1.54) is 22.2 Å². The van der Waals surface area contributed by atoms with Crippen LogP contribution in [-0.4, -0.2) is 27.8 Å². The quantitative estimate of drug-likeness (QED) is 0.618. The Labute approximate surface area is 156 Å². The van der Waals surface area contributed by atoms with Gasteiger partial charge in [-0.2, -0.15) is 0 Å². The van der Waals surface area contributed by atoms with Crippen LogP contribution in [-0.2, 0) is 24.2 Å². The first-order valence-electron chi connectivity index (χ1n) is 8.99. The van der Waals surface area contributed by atoms with Crippen molar-refractivity contribution in [1.82, 2.24) is 14.9 Å². The highest BCUT2D eigenvalue weighted by atomic mass is 32.2. The first-order valence-corrected chi connectivity index (χ1v) is 10.8. The Morgan fingerprint density at radius 3 is 2.96 bits per heavy atom. The second-order valence-electron chi connectivity index (χ2n) is 6.61. The van der Waals surface area contributed by atoms with Gasteiger partial charge in [-0.3, -0.25) is 14.2 Å². The summed E-state index contributed by atoms with van der Waals surface area (Å²) in [6, 6.07) is 0. The van der Waals surface area contributed by atoms with Crippen molar-refractivity contribution in [3.63, 3.8) is 0 Å². The van der Waals surface area contributed by atoms with Crippen molar-refractivity contribution in [2.75, 3.05) is 12.3 Å². The maximum absolute atomic E-state index is 13.0. The SMILES string of the molecule is CCCNC(=O)CSc1nc2sc3c(c2c(=O)n1CC)CCC(C)C3. The van der Waals surface area contributed by atoms with Crippen LogP contribution in [0.15, 0.2) is 9.95 Å². The zero-order valence-corrected chi connectivity index (χ0v) is 16.7. The number of thioether (sulfide) groups is 1. The highest BCUT2D eigenvalue weighted by molar-refractivity contribution is 7.99. The number of fused-ring (bicyclic) bond motifs is 3. The number of aryl methyl sites for hydroxylation is 1. The number of nitrogens with one attached hydrogen (secondary N) is 1. The minimum Gasteiger partial charge on any atom is -0.355 e. The molecular weight excluding hydrogens is 354 g/mol. The summed E-state index contributed by atoms with van der Waals surface area (Å²) in [7, 11) is 0. The number of hydrogen-bond acceptors (Lipinski definition) is 5. The summed E-state index contributed by atoms with van der Waals surface area (Å²) in [4.78, 5) is 31.8. The summed E-state index contributed by atoms with van der Waals surface area (Å²) in [6.45, 7) is 7.50. The lowest BCUT2D eigenvalue weighted by atomic mass is 9.89. The molecule has 0 aliphatic heterocycles. The van der Waals surface area contributed by atoms with E-state index in [1.807, 2.05) is 13.8 Å². The molecule has 3 rings (SSSR count). The lowest BCUT2D eigenvalue weighted by Gasteiger charge is -2.17. The molecule has 136 valence electrons. The number of hydrogen-bond donors (Lipinski definition) is 1. The third-order valence-corrected chi connectivity index (χ3v) is 6.73. The van der Waals surface area contributed by atoms with Gasteiger partial charge in [0, 0.05) is 18.0 Å². The number of amides is 1. The van der Waals surface area contributed by atoms with Gasteiger partial charge in [0.1, 0.15) is 4.83 Å². The Kier molecular flexibility index (Phi) is 5.84. The molecule has 1 atom stereocenters. The normalized spacial score (nSPS) is 16.8. The molecule has 2 aromatic heterocycles. The molecule has 0 saturated heterocycles. The van der Waals surface area contributed by atoms with Crippen LogP contribution >= 0.6 is 23.1 Å². The Morgan fingerprint density at radius 2 is 2.24 bits per heavy atom. The fourth-order valence-corrected chi connectivity index (χ4v) is 5.56. The summed E-state index contributed by atoms with van der Waals surface area (Å²) >= 11 is 3.01. The van der Waals surface area contributed by atoms with Gasteiger partial charge in [0.15, 0.2) is 5.16 Å². The molecule has 0 spiro atoms. The van der Waals surface area contributed by atoms with Crippen molar-refractivity contribution in [3.05, 3.63) is 20.8 Å². The fourth-order valence-electron chi connectivity index (χ4n) is 3.24. The van der Waals surface area contributed by atoms with E-state index < -0.39 is 0 Å². The molecule has 1 N–H and O–H groups in total. The van der Waals surface area contributed by atoms with Crippen LogP contribution in [0.2, 0.25) is 0 Å². The Morgan fingerprint density at radius 1 is 1.44 bits per heavy atom. The van der Waals surface area contributed by atoms with Gasteiger partial charge in [0.2, 0.25) is 5.91 Å². The molecule has 2 aromatic rings. The fraction of sp³-hybridized carbons (Fsp3) is 0.611. The highest BCUT2D eigenvalue weighted by Crippen LogP contribution is 2.36. The zero-order valence-electron chi connectivity index (χ0n) is 15.1. The van der Waals surface area contributed by atoms with Crippen molar-refractivity contribution in [3.8, 4) is 0 Å². The monoisotopic (exact) mass is 379 g/mol. The number of aromatic nitrogens is 2. The van der Waals surface area contributed by atoms with Crippen LogP contribution in [0.25, 0.3) is 10.2 Å². The van der Waals surface area contributed by atoms with Crippen molar-refractivity contribution < 1.29 is 4.79 Å². The minimum absolute atomic E-state index is 0.0110. The molecule has 0 saturated carbocycles. The lowest BCUT2D eigenvalue weighted by molar-refractivity contribution is -0.118. The number of carbonyl (C=O) groups is 1. The molecule has 1 aliphatic carbocycles. The van der Waals surface area contributed by atoms with Gasteiger partial charge >= 0.3 is 0 Å². The molecule has 1 amide bonds. The Balaban J connectivity index is 1.94. The van der Waals surface area contributed by atoms with Crippen molar-refractivity contribution in [1.29, 1.82) is 0 Å². The third kappa shape index (κ3) is 3.77. The topological polar surface area (TPSA) is 64.0 Å². The van der Waals surface area contributed by atoms with E-state index in [9.17, 15) is 9.59 Å². The summed E-state index contributed by atoms with van der Waals surface area (Å²) in [5, 5.41) is 4.33. The van der Waals surface area contributed by atoms with Gasteiger partial charge in [0.25, 0.3) is 5.56 Å². The van der Waals surface area contributed by atoms with Crippen LogP contribution in [0.5, 0.6) is 0 Å². The average Bonchev–Trinajstić information content (AvgIpc) is 2.95. The van der Waals surface area contributed by atoms with Crippen LogP contribution < -0.4 is 10.9 Å². The molecule has 5 nitrogen and oxygen atoms in total. The first kappa shape index (κ1) is 18.5. The van der Waals surface area contributed by atoms with E-state index in [0.717, 1.165) is 35.9 Å². The highest BCUT2D eigenvalue weighted by Gasteiger charge is 2.24. The summed E-state index contributed by atoms with van der Waals surface area (Å²) < 4.78 is 1.71. The summed E-state index contributed by atoms with van der Waals surface area (Å²) in [6.07, 6.45) is 4.07. The summed E-state index contributed by atoms with van der Waals surface area (Å²) in [5.41, 5.74) is 1.27. The molecule has 1 unspecified atom stereocenters. The van der Waals surface area contributed by atoms with Gasteiger partial charge in [-0.1, -0.05) is 25.6 Å². The maximum Gasteiger partial charge on any atom is 0.263 e. The Bertz CT molecular complexity index is 841. The van der Waals surface area contributed by atoms with Crippen LogP contribution in [0.3, 0.4) is 0 Å².